The van der Waals surface area contributed by atoms with Crippen LogP contribution in [0.3, 0.4) is 0 Å². The fourth-order valence-electron chi connectivity index (χ4n) is 2.96. The van der Waals surface area contributed by atoms with E-state index in [0.717, 1.165) is 30.9 Å². The number of imidazole rings is 1. The van der Waals surface area contributed by atoms with Crippen molar-refractivity contribution in [2.24, 2.45) is 0 Å². The van der Waals surface area contributed by atoms with E-state index in [-0.39, 0.29) is 6.54 Å². The Bertz CT molecular complexity index is 603. The minimum atomic E-state index is -0.427. The smallest absolute Gasteiger partial charge is 0.203 e. The van der Waals surface area contributed by atoms with Gasteiger partial charge in [-0.25, -0.2) is 13.8 Å². The van der Waals surface area contributed by atoms with Gasteiger partial charge in [-0.2, -0.15) is 0 Å². The summed E-state index contributed by atoms with van der Waals surface area (Å²) in [7, 11) is 0. The van der Waals surface area contributed by atoms with Gasteiger partial charge in [-0.15, -0.1) is 0 Å². The Morgan fingerprint density at radius 2 is 2.00 bits per heavy atom. The zero-order chi connectivity index (χ0) is 14.7. The fraction of sp³-hybridized carbons (Fsp3) is 0.438. The first kappa shape index (κ1) is 14.0. The molecule has 2 aromatic rings. The van der Waals surface area contributed by atoms with E-state index in [2.05, 4.69) is 14.9 Å². The maximum atomic E-state index is 13.6. The van der Waals surface area contributed by atoms with Crippen LogP contribution in [0.15, 0.2) is 30.6 Å². The van der Waals surface area contributed by atoms with Crippen LogP contribution >= 0.6 is 0 Å². The second-order valence-electron chi connectivity index (χ2n) is 5.54. The van der Waals surface area contributed by atoms with E-state index in [1.54, 1.807) is 6.20 Å². The molecule has 1 heterocycles. The van der Waals surface area contributed by atoms with Crippen molar-refractivity contribution < 1.29 is 8.78 Å². The Hall–Kier alpha value is -1.91. The average Bonchev–Trinajstić information content (AvgIpc) is 2.97. The number of rotatable bonds is 4. The molecule has 1 saturated carbocycles. The molecule has 0 radical (unpaired) electrons. The predicted molar refractivity (Wildman–Crippen MR) is 78.0 cm³/mol. The lowest BCUT2D eigenvalue weighted by molar-refractivity contribution is 0.356. The summed E-state index contributed by atoms with van der Waals surface area (Å²) in [6.45, 7) is 0.229. The third kappa shape index (κ3) is 3.23. The number of nitrogens with one attached hydrogen (secondary N) is 1. The van der Waals surface area contributed by atoms with Gasteiger partial charge >= 0.3 is 0 Å². The molecule has 0 bridgehead atoms. The number of hydrogen-bond donors (Lipinski definition) is 1. The van der Waals surface area contributed by atoms with E-state index in [4.69, 9.17) is 0 Å². The number of aromatic nitrogens is 2. The van der Waals surface area contributed by atoms with Crippen molar-refractivity contribution in [3.8, 4) is 0 Å². The average molecular weight is 291 g/mol. The molecule has 0 unspecified atom stereocenters. The standard InChI is InChI=1S/C16H19F2N3/c17-13-6-7-15(18)12(10-13)11-20-16-19-8-9-21(16)14-4-2-1-3-5-14/h6-10,14H,1-5,11H2,(H,19,20). The molecule has 3 nitrogen and oxygen atoms in total. The van der Waals surface area contributed by atoms with Gasteiger partial charge in [0, 0.05) is 30.5 Å². The molecule has 1 N–H and O–H groups in total. The van der Waals surface area contributed by atoms with Crippen LogP contribution in [0.5, 0.6) is 0 Å². The molecule has 0 amide bonds. The molecule has 1 aromatic carbocycles. The van der Waals surface area contributed by atoms with Crippen LogP contribution in [-0.4, -0.2) is 9.55 Å². The Balaban J connectivity index is 1.71. The lowest BCUT2D eigenvalue weighted by atomic mass is 9.95. The lowest BCUT2D eigenvalue weighted by Crippen LogP contribution is -2.15. The Kier molecular flexibility index (Phi) is 4.18. The van der Waals surface area contributed by atoms with E-state index >= 15 is 0 Å². The molecular formula is C16H19F2N3. The molecule has 1 aliphatic carbocycles. The maximum Gasteiger partial charge on any atom is 0.203 e. The number of hydrogen-bond acceptors (Lipinski definition) is 2. The highest BCUT2D eigenvalue weighted by Crippen LogP contribution is 2.30. The van der Waals surface area contributed by atoms with Crippen LogP contribution in [0.4, 0.5) is 14.7 Å². The Morgan fingerprint density at radius 1 is 1.19 bits per heavy atom. The Morgan fingerprint density at radius 3 is 2.81 bits per heavy atom. The topological polar surface area (TPSA) is 29.9 Å². The first-order valence-corrected chi connectivity index (χ1v) is 7.44. The largest absolute Gasteiger partial charge is 0.351 e. The van der Waals surface area contributed by atoms with Gasteiger partial charge in [0.05, 0.1) is 0 Å². The summed E-state index contributed by atoms with van der Waals surface area (Å²) in [5, 5.41) is 3.12. The zero-order valence-corrected chi connectivity index (χ0v) is 11.9. The molecule has 112 valence electrons. The third-order valence-electron chi connectivity index (χ3n) is 4.08. The molecule has 0 aliphatic heterocycles. The van der Waals surface area contributed by atoms with Gasteiger partial charge in [0.1, 0.15) is 11.6 Å². The van der Waals surface area contributed by atoms with Crippen molar-refractivity contribution in [2.75, 3.05) is 5.32 Å². The molecule has 3 rings (SSSR count). The van der Waals surface area contributed by atoms with Crippen LogP contribution < -0.4 is 5.32 Å². The van der Waals surface area contributed by atoms with Crippen molar-refractivity contribution in [3.05, 3.63) is 47.8 Å². The summed E-state index contributed by atoms with van der Waals surface area (Å²) in [5.41, 5.74) is 0.313. The van der Waals surface area contributed by atoms with Crippen LogP contribution in [-0.2, 0) is 6.54 Å². The predicted octanol–water partition coefficient (Wildman–Crippen LogP) is 4.28. The highest BCUT2D eigenvalue weighted by molar-refractivity contribution is 5.30. The number of nitrogens with zero attached hydrogens (tertiary/aromatic N) is 2. The third-order valence-corrected chi connectivity index (χ3v) is 4.08. The van der Waals surface area contributed by atoms with E-state index in [0.29, 0.717) is 11.6 Å². The molecule has 5 heteroatoms. The van der Waals surface area contributed by atoms with Gasteiger partial charge in [-0.1, -0.05) is 19.3 Å². The number of anilines is 1. The van der Waals surface area contributed by atoms with Gasteiger partial charge in [0.15, 0.2) is 0 Å². The summed E-state index contributed by atoms with van der Waals surface area (Å²) >= 11 is 0. The molecule has 1 fully saturated rings. The first-order valence-electron chi connectivity index (χ1n) is 7.44. The summed E-state index contributed by atoms with van der Waals surface area (Å²) in [6.07, 6.45) is 9.78. The maximum absolute atomic E-state index is 13.6. The summed E-state index contributed by atoms with van der Waals surface area (Å²) in [4.78, 5) is 4.29. The second kappa shape index (κ2) is 6.24. The van der Waals surface area contributed by atoms with Crippen molar-refractivity contribution >= 4 is 5.95 Å². The minimum Gasteiger partial charge on any atom is -0.351 e. The second-order valence-corrected chi connectivity index (χ2v) is 5.54. The molecule has 0 atom stereocenters. The van der Waals surface area contributed by atoms with Crippen LogP contribution in [0.2, 0.25) is 0 Å². The van der Waals surface area contributed by atoms with Crippen molar-refractivity contribution in [2.45, 2.75) is 44.7 Å². The number of benzene rings is 1. The quantitative estimate of drug-likeness (QED) is 0.911. The fourth-order valence-corrected chi connectivity index (χ4v) is 2.96. The van der Waals surface area contributed by atoms with Gasteiger partial charge < -0.3 is 9.88 Å². The molecular weight excluding hydrogens is 272 g/mol. The summed E-state index contributed by atoms with van der Waals surface area (Å²) in [5.74, 6) is -0.103. The van der Waals surface area contributed by atoms with E-state index in [1.807, 2.05) is 6.20 Å². The van der Waals surface area contributed by atoms with Crippen LogP contribution in [0.1, 0.15) is 43.7 Å². The van der Waals surface area contributed by atoms with E-state index in [1.165, 1.54) is 25.3 Å². The van der Waals surface area contributed by atoms with Crippen LogP contribution in [0.25, 0.3) is 0 Å². The van der Waals surface area contributed by atoms with Crippen LogP contribution in [0, 0.1) is 11.6 Å². The van der Waals surface area contributed by atoms with Gasteiger partial charge in [-0.05, 0) is 31.0 Å². The van der Waals surface area contributed by atoms with Crippen molar-refractivity contribution in [1.29, 1.82) is 0 Å². The molecule has 0 spiro atoms. The van der Waals surface area contributed by atoms with Gasteiger partial charge in [0.2, 0.25) is 5.95 Å². The number of halogens is 2. The normalized spacial score (nSPS) is 16.1. The van der Waals surface area contributed by atoms with Crippen molar-refractivity contribution in [3.63, 3.8) is 0 Å². The minimum absolute atomic E-state index is 0.229. The first-order chi connectivity index (χ1) is 10.2. The monoisotopic (exact) mass is 291 g/mol. The summed E-state index contributed by atoms with van der Waals surface area (Å²) in [6, 6.07) is 3.96. The highest BCUT2D eigenvalue weighted by atomic mass is 19.1. The molecule has 1 aliphatic rings. The molecule has 1 aromatic heterocycles. The lowest BCUT2D eigenvalue weighted by Gasteiger charge is -2.24. The SMILES string of the molecule is Fc1ccc(F)c(CNc2nccn2C2CCCCC2)c1. The van der Waals surface area contributed by atoms with Gasteiger partial charge in [-0.3, -0.25) is 0 Å². The zero-order valence-electron chi connectivity index (χ0n) is 11.9. The van der Waals surface area contributed by atoms with E-state index in [9.17, 15) is 8.78 Å². The summed E-state index contributed by atoms with van der Waals surface area (Å²) < 4.78 is 28.9. The van der Waals surface area contributed by atoms with Crippen molar-refractivity contribution in [1.82, 2.24) is 9.55 Å². The Labute approximate surface area is 123 Å². The highest BCUT2D eigenvalue weighted by Gasteiger charge is 2.17. The van der Waals surface area contributed by atoms with Gasteiger partial charge in [0.25, 0.3) is 0 Å². The molecule has 21 heavy (non-hydrogen) atoms. The molecule has 0 saturated heterocycles. The van der Waals surface area contributed by atoms with E-state index < -0.39 is 11.6 Å².